The molecule has 0 saturated heterocycles. The van der Waals surface area contributed by atoms with Gasteiger partial charge in [-0.3, -0.25) is 0 Å². The molecule has 0 atom stereocenters. The van der Waals surface area contributed by atoms with Crippen molar-refractivity contribution in [3.8, 4) is 5.88 Å². The van der Waals surface area contributed by atoms with Crippen LogP contribution in [0.2, 0.25) is 0 Å². The van der Waals surface area contributed by atoms with Crippen molar-refractivity contribution < 1.29 is 4.74 Å². The van der Waals surface area contributed by atoms with Crippen LogP contribution in [0, 0.1) is 6.92 Å². The van der Waals surface area contributed by atoms with Gasteiger partial charge in [-0.05, 0) is 19.1 Å². The Morgan fingerprint density at radius 1 is 1.19 bits per heavy atom. The molecule has 0 radical (unpaired) electrons. The first-order valence-corrected chi connectivity index (χ1v) is 4.84. The van der Waals surface area contributed by atoms with Gasteiger partial charge in [0.15, 0.2) is 0 Å². The third-order valence-electron chi connectivity index (χ3n) is 1.99. The number of methoxy groups -OCH3 is 1. The quantitative estimate of drug-likeness (QED) is 0.849. The van der Waals surface area contributed by atoms with Gasteiger partial charge in [0.2, 0.25) is 11.8 Å². The van der Waals surface area contributed by atoms with Crippen LogP contribution in [0.1, 0.15) is 5.69 Å². The van der Waals surface area contributed by atoms with Gasteiger partial charge in [-0.25, -0.2) is 15.0 Å². The molecule has 1 N–H and O–H groups in total. The van der Waals surface area contributed by atoms with Gasteiger partial charge in [0.25, 0.3) is 0 Å². The predicted molar refractivity (Wildman–Crippen MR) is 60.8 cm³/mol. The largest absolute Gasteiger partial charge is 0.481 e. The second-order valence-corrected chi connectivity index (χ2v) is 3.23. The van der Waals surface area contributed by atoms with Crippen LogP contribution in [-0.4, -0.2) is 22.1 Å². The van der Waals surface area contributed by atoms with E-state index in [1.54, 1.807) is 25.6 Å². The Morgan fingerprint density at radius 2 is 2.00 bits per heavy atom. The number of nitrogens with zero attached hydrogens (tertiary/aromatic N) is 3. The monoisotopic (exact) mass is 216 g/mol. The Balaban J connectivity index is 2.20. The summed E-state index contributed by atoms with van der Waals surface area (Å²) in [5.41, 5.74) is 1.76. The van der Waals surface area contributed by atoms with Crippen molar-refractivity contribution in [1.82, 2.24) is 15.0 Å². The van der Waals surface area contributed by atoms with E-state index in [0.29, 0.717) is 11.8 Å². The zero-order valence-electron chi connectivity index (χ0n) is 9.14. The lowest BCUT2D eigenvalue weighted by Crippen LogP contribution is -1.98. The summed E-state index contributed by atoms with van der Waals surface area (Å²) in [5.74, 6) is 1.12. The smallest absolute Gasteiger partial charge is 0.227 e. The van der Waals surface area contributed by atoms with Gasteiger partial charge in [0.05, 0.1) is 7.11 Å². The highest BCUT2D eigenvalue weighted by molar-refractivity contribution is 5.53. The minimum Gasteiger partial charge on any atom is -0.481 e. The number of pyridine rings is 1. The molecule has 0 aliphatic heterocycles. The average molecular weight is 216 g/mol. The molecule has 16 heavy (non-hydrogen) atoms. The fourth-order valence-corrected chi connectivity index (χ4v) is 1.24. The van der Waals surface area contributed by atoms with E-state index in [1.165, 1.54) is 0 Å². The van der Waals surface area contributed by atoms with E-state index in [0.717, 1.165) is 11.4 Å². The van der Waals surface area contributed by atoms with E-state index < -0.39 is 0 Å². The SMILES string of the molecule is COc1cc(Nc2nccc(C)n2)ccn1. The summed E-state index contributed by atoms with van der Waals surface area (Å²) in [6.07, 6.45) is 3.38. The maximum Gasteiger partial charge on any atom is 0.227 e. The molecule has 2 rings (SSSR count). The lowest BCUT2D eigenvalue weighted by Gasteiger charge is -2.05. The van der Waals surface area contributed by atoms with Gasteiger partial charge < -0.3 is 10.1 Å². The van der Waals surface area contributed by atoms with E-state index in [9.17, 15) is 0 Å². The Hall–Kier alpha value is -2.17. The van der Waals surface area contributed by atoms with E-state index in [2.05, 4.69) is 20.3 Å². The molecular formula is C11H12N4O. The summed E-state index contributed by atoms with van der Waals surface area (Å²) in [6, 6.07) is 5.46. The molecule has 5 heteroatoms. The number of hydrogen-bond acceptors (Lipinski definition) is 5. The summed E-state index contributed by atoms with van der Waals surface area (Å²) in [6.45, 7) is 1.92. The first-order valence-electron chi connectivity index (χ1n) is 4.84. The number of aromatic nitrogens is 3. The number of hydrogen-bond donors (Lipinski definition) is 1. The lowest BCUT2D eigenvalue weighted by atomic mass is 10.4. The maximum atomic E-state index is 5.02. The highest BCUT2D eigenvalue weighted by Crippen LogP contribution is 2.16. The van der Waals surface area contributed by atoms with Gasteiger partial charge in [0.1, 0.15) is 0 Å². The van der Waals surface area contributed by atoms with Crippen LogP contribution in [0.3, 0.4) is 0 Å². The summed E-state index contributed by atoms with van der Waals surface area (Å²) in [7, 11) is 1.58. The fraction of sp³-hybridized carbons (Fsp3) is 0.182. The number of anilines is 2. The number of rotatable bonds is 3. The van der Waals surface area contributed by atoms with Crippen LogP contribution in [-0.2, 0) is 0 Å². The van der Waals surface area contributed by atoms with Crippen LogP contribution in [0.4, 0.5) is 11.6 Å². The standard InChI is InChI=1S/C11H12N4O/c1-8-3-5-13-11(14-8)15-9-4-6-12-10(7-9)16-2/h3-7H,1-2H3,(H,12,13,14,15). The van der Waals surface area contributed by atoms with E-state index in [1.807, 2.05) is 19.1 Å². The molecule has 0 bridgehead atoms. The molecule has 0 aliphatic carbocycles. The molecular weight excluding hydrogens is 204 g/mol. The Labute approximate surface area is 93.5 Å². The third-order valence-corrected chi connectivity index (χ3v) is 1.99. The van der Waals surface area contributed by atoms with Crippen molar-refractivity contribution in [3.05, 3.63) is 36.3 Å². The Kier molecular flexibility index (Phi) is 2.95. The molecule has 82 valence electrons. The molecule has 5 nitrogen and oxygen atoms in total. The van der Waals surface area contributed by atoms with Crippen molar-refractivity contribution >= 4 is 11.6 Å². The first-order chi connectivity index (χ1) is 7.78. The summed E-state index contributed by atoms with van der Waals surface area (Å²) < 4.78 is 5.02. The zero-order valence-corrected chi connectivity index (χ0v) is 9.14. The second-order valence-electron chi connectivity index (χ2n) is 3.23. The molecule has 2 aromatic heterocycles. The van der Waals surface area contributed by atoms with Crippen molar-refractivity contribution in [2.45, 2.75) is 6.92 Å². The molecule has 0 fully saturated rings. The highest BCUT2D eigenvalue weighted by atomic mass is 16.5. The normalized spacial score (nSPS) is 9.88. The molecule has 0 spiro atoms. The van der Waals surface area contributed by atoms with Crippen molar-refractivity contribution in [3.63, 3.8) is 0 Å². The van der Waals surface area contributed by atoms with Gasteiger partial charge in [-0.15, -0.1) is 0 Å². The van der Waals surface area contributed by atoms with E-state index >= 15 is 0 Å². The molecule has 2 aromatic rings. The lowest BCUT2D eigenvalue weighted by molar-refractivity contribution is 0.398. The molecule has 0 saturated carbocycles. The van der Waals surface area contributed by atoms with Crippen LogP contribution in [0.25, 0.3) is 0 Å². The van der Waals surface area contributed by atoms with Crippen molar-refractivity contribution in [2.75, 3.05) is 12.4 Å². The predicted octanol–water partition coefficient (Wildman–Crippen LogP) is 1.93. The van der Waals surface area contributed by atoms with Crippen LogP contribution in [0.5, 0.6) is 5.88 Å². The highest BCUT2D eigenvalue weighted by Gasteiger charge is 1.99. The zero-order chi connectivity index (χ0) is 11.4. The molecule has 0 unspecified atom stereocenters. The summed E-state index contributed by atoms with van der Waals surface area (Å²) >= 11 is 0. The summed E-state index contributed by atoms with van der Waals surface area (Å²) in [4.78, 5) is 12.4. The van der Waals surface area contributed by atoms with Crippen LogP contribution < -0.4 is 10.1 Å². The van der Waals surface area contributed by atoms with Crippen molar-refractivity contribution in [1.29, 1.82) is 0 Å². The Morgan fingerprint density at radius 3 is 2.75 bits per heavy atom. The first kappa shape index (κ1) is 10.4. The third kappa shape index (κ3) is 2.44. The van der Waals surface area contributed by atoms with Gasteiger partial charge >= 0.3 is 0 Å². The number of aryl methyl sites for hydroxylation is 1. The topological polar surface area (TPSA) is 59.9 Å². The van der Waals surface area contributed by atoms with E-state index in [-0.39, 0.29) is 0 Å². The second kappa shape index (κ2) is 4.57. The molecule has 0 amide bonds. The molecule has 0 aliphatic rings. The Bertz CT molecular complexity index is 487. The van der Waals surface area contributed by atoms with Gasteiger partial charge in [-0.1, -0.05) is 0 Å². The van der Waals surface area contributed by atoms with Crippen molar-refractivity contribution in [2.24, 2.45) is 0 Å². The molecule has 2 heterocycles. The van der Waals surface area contributed by atoms with E-state index in [4.69, 9.17) is 4.74 Å². The van der Waals surface area contributed by atoms with Crippen LogP contribution >= 0.6 is 0 Å². The summed E-state index contributed by atoms with van der Waals surface area (Å²) in [5, 5.41) is 3.08. The molecule has 0 aromatic carbocycles. The maximum absolute atomic E-state index is 5.02. The minimum absolute atomic E-state index is 0.553. The van der Waals surface area contributed by atoms with Gasteiger partial charge in [0, 0.05) is 29.8 Å². The minimum atomic E-state index is 0.553. The fourth-order valence-electron chi connectivity index (χ4n) is 1.24. The number of ether oxygens (including phenoxy) is 1. The van der Waals surface area contributed by atoms with Crippen LogP contribution in [0.15, 0.2) is 30.6 Å². The average Bonchev–Trinajstić information content (AvgIpc) is 2.29. The van der Waals surface area contributed by atoms with Gasteiger partial charge in [-0.2, -0.15) is 0 Å². The number of nitrogens with one attached hydrogen (secondary N) is 1.